The van der Waals surface area contributed by atoms with Gasteiger partial charge in [0.2, 0.25) is 0 Å². The molecule has 3 N–H and O–H groups in total. The molecule has 1 rings (SSSR count). The van der Waals surface area contributed by atoms with Gasteiger partial charge in [0.15, 0.2) is 0 Å². The molecule has 0 bridgehead atoms. The van der Waals surface area contributed by atoms with Gasteiger partial charge in [-0.25, -0.2) is 0 Å². The lowest BCUT2D eigenvalue weighted by Crippen LogP contribution is -2.29. The zero-order valence-corrected chi connectivity index (χ0v) is 11.3. The van der Waals surface area contributed by atoms with E-state index >= 15 is 0 Å². The summed E-state index contributed by atoms with van der Waals surface area (Å²) in [5.41, 5.74) is 7.42. The van der Waals surface area contributed by atoms with Crippen LogP contribution in [-0.2, 0) is 0 Å². The van der Waals surface area contributed by atoms with Crippen molar-refractivity contribution >= 4 is 22.9 Å². The average Bonchev–Trinajstić information content (AvgIpc) is 2.35. The summed E-state index contributed by atoms with van der Waals surface area (Å²) < 4.78 is 0. The van der Waals surface area contributed by atoms with Crippen LogP contribution in [0.3, 0.4) is 0 Å². The molecule has 0 spiro atoms. The number of pyridine rings is 1. The highest BCUT2D eigenvalue weighted by Gasteiger charge is 2.04. The second kappa shape index (κ2) is 7.19. The van der Waals surface area contributed by atoms with E-state index in [1.165, 1.54) is 0 Å². The maximum Gasteiger partial charge on any atom is 0.106 e. The number of hydrogen-bond acceptors (Lipinski definition) is 4. The Balaban J connectivity index is 2.54. The normalized spacial score (nSPS) is 10.5. The fourth-order valence-corrected chi connectivity index (χ4v) is 1.82. The fraction of sp³-hybridized carbons (Fsp3) is 0.500. The number of nitrogens with zero attached hydrogens (tertiary/aromatic N) is 2. The highest BCUT2D eigenvalue weighted by atomic mass is 32.1. The summed E-state index contributed by atoms with van der Waals surface area (Å²) in [6.45, 7) is 8.31. The Kier molecular flexibility index (Phi) is 5.86. The van der Waals surface area contributed by atoms with E-state index in [1.807, 2.05) is 6.07 Å². The van der Waals surface area contributed by atoms with E-state index in [-0.39, 0.29) is 0 Å². The van der Waals surface area contributed by atoms with Crippen molar-refractivity contribution in [3.8, 4) is 0 Å². The van der Waals surface area contributed by atoms with Crippen LogP contribution in [0, 0.1) is 0 Å². The van der Waals surface area contributed by atoms with Crippen molar-refractivity contribution in [3.05, 3.63) is 24.0 Å². The summed E-state index contributed by atoms with van der Waals surface area (Å²) >= 11 is 5.00. The van der Waals surface area contributed by atoms with Gasteiger partial charge in [-0.2, -0.15) is 0 Å². The molecule has 0 saturated heterocycles. The second-order valence-electron chi connectivity index (χ2n) is 3.74. The molecule has 0 amide bonds. The Bertz CT molecular complexity index is 363. The highest BCUT2D eigenvalue weighted by molar-refractivity contribution is 7.80. The Morgan fingerprint density at radius 1 is 1.47 bits per heavy atom. The Morgan fingerprint density at radius 2 is 2.18 bits per heavy atom. The van der Waals surface area contributed by atoms with E-state index in [9.17, 15) is 0 Å². The van der Waals surface area contributed by atoms with E-state index in [2.05, 4.69) is 29.0 Å². The third-order valence-electron chi connectivity index (χ3n) is 2.72. The quantitative estimate of drug-likeness (QED) is 0.720. The zero-order chi connectivity index (χ0) is 12.7. The Morgan fingerprint density at radius 3 is 2.76 bits per heavy atom. The lowest BCUT2D eigenvalue weighted by atomic mass is 10.2. The summed E-state index contributed by atoms with van der Waals surface area (Å²) in [5.74, 6) is 0. The van der Waals surface area contributed by atoms with Gasteiger partial charge in [0, 0.05) is 24.8 Å². The summed E-state index contributed by atoms with van der Waals surface area (Å²) in [6.07, 6.45) is 3.46. The first kappa shape index (κ1) is 13.9. The summed E-state index contributed by atoms with van der Waals surface area (Å²) in [4.78, 5) is 6.83. The molecule has 17 heavy (non-hydrogen) atoms. The molecule has 1 heterocycles. The molecule has 0 fully saturated rings. The maximum absolute atomic E-state index is 5.65. The number of anilines is 1. The molecule has 0 saturated carbocycles. The molecule has 4 nitrogen and oxygen atoms in total. The minimum atomic E-state index is 0.401. The standard InChI is InChI=1S/C12H20N4S/c1-3-16(4-2)8-7-15-11-9-14-6-5-10(11)12(13)17/h5-6,9,15H,3-4,7-8H2,1-2H3,(H2,13,17). The van der Waals surface area contributed by atoms with Gasteiger partial charge in [0.05, 0.1) is 11.9 Å². The monoisotopic (exact) mass is 252 g/mol. The topological polar surface area (TPSA) is 54.2 Å². The van der Waals surface area contributed by atoms with Crippen molar-refractivity contribution < 1.29 is 0 Å². The van der Waals surface area contributed by atoms with Crippen molar-refractivity contribution in [2.45, 2.75) is 13.8 Å². The molecular weight excluding hydrogens is 232 g/mol. The molecule has 0 aliphatic heterocycles. The van der Waals surface area contributed by atoms with Crippen LogP contribution in [0.15, 0.2) is 18.5 Å². The van der Waals surface area contributed by atoms with Crippen LogP contribution in [0.1, 0.15) is 19.4 Å². The number of aromatic nitrogens is 1. The third kappa shape index (κ3) is 4.28. The third-order valence-corrected chi connectivity index (χ3v) is 2.94. The minimum absolute atomic E-state index is 0.401. The van der Waals surface area contributed by atoms with E-state index in [0.717, 1.165) is 37.4 Å². The summed E-state index contributed by atoms with van der Waals surface area (Å²) in [6, 6.07) is 1.84. The molecule has 94 valence electrons. The van der Waals surface area contributed by atoms with Crippen molar-refractivity contribution in [2.24, 2.45) is 5.73 Å². The predicted molar refractivity (Wildman–Crippen MR) is 76.4 cm³/mol. The van der Waals surface area contributed by atoms with Gasteiger partial charge in [-0.1, -0.05) is 26.1 Å². The number of nitrogens with one attached hydrogen (secondary N) is 1. The zero-order valence-electron chi connectivity index (χ0n) is 10.4. The first-order chi connectivity index (χ1) is 8.19. The van der Waals surface area contributed by atoms with Crippen molar-refractivity contribution in [1.29, 1.82) is 0 Å². The van der Waals surface area contributed by atoms with Crippen LogP contribution < -0.4 is 11.1 Å². The van der Waals surface area contributed by atoms with Crippen LogP contribution >= 0.6 is 12.2 Å². The largest absolute Gasteiger partial charge is 0.389 e. The summed E-state index contributed by atoms with van der Waals surface area (Å²) in [7, 11) is 0. The van der Waals surface area contributed by atoms with Crippen LogP contribution in [0.25, 0.3) is 0 Å². The Labute approximate surface area is 108 Å². The first-order valence-corrected chi connectivity index (χ1v) is 6.29. The lowest BCUT2D eigenvalue weighted by molar-refractivity contribution is 0.316. The van der Waals surface area contributed by atoms with Crippen molar-refractivity contribution in [3.63, 3.8) is 0 Å². The van der Waals surface area contributed by atoms with Gasteiger partial charge in [-0.15, -0.1) is 0 Å². The SMILES string of the molecule is CCN(CC)CCNc1cnccc1C(N)=S. The van der Waals surface area contributed by atoms with E-state index in [1.54, 1.807) is 12.4 Å². The van der Waals surface area contributed by atoms with Crippen molar-refractivity contribution in [2.75, 3.05) is 31.5 Å². The van der Waals surface area contributed by atoms with E-state index in [4.69, 9.17) is 18.0 Å². The van der Waals surface area contributed by atoms with Crippen LogP contribution in [0.5, 0.6) is 0 Å². The fourth-order valence-electron chi connectivity index (χ4n) is 1.64. The molecule has 0 atom stereocenters. The number of hydrogen-bond donors (Lipinski definition) is 2. The van der Waals surface area contributed by atoms with Gasteiger partial charge in [-0.05, 0) is 19.2 Å². The molecule has 0 unspecified atom stereocenters. The lowest BCUT2D eigenvalue weighted by Gasteiger charge is -2.19. The number of nitrogens with two attached hydrogens (primary N) is 1. The Hall–Kier alpha value is -1.20. The smallest absolute Gasteiger partial charge is 0.106 e. The average molecular weight is 252 g/mol. The first-order valence-electron chi connectivity index (χ1n) is 5.89. The number of thiocarbonyl (C=S) groups is 1. The van der Waals surface area contributed by atoms with Crippen LogP contribution in [0.4, 0.5) is 5.69 Å². The summed E-state index contributed by atoms with van der Waals surface area (Å²) in [5, 5.41) is 3.32. The molecule has 0 aliphatic carbocycles. The van der Waals surface area contributed by atoms with Crippen LogP contribution in [0.2, 0.25) is 0 Å². The van der Waals surface area contributed by atoms with Gasteiger partial charge in [-0.3, -0.25) is 4.98 Å². The molecule has 5 heteroatoms. The van der Waals surface area contributed by atoms with E-state index < -0.39 is 0 Å². The molecule has 0 radical (unpaired) electrons. The minimum Gasteiger partial charge on any atom is -0.389 e. The van der Waals surface area contributed by atoms with E-state index in [0.29, 0.717) is 4.99 Å². The molecule has 1 aromatic heterocycles. The van der Waals surface area contributed by atoms with Gasteiger partial charge in [0.1, 0.15) is 4.99 Å². The number of likely N-dealkylation sites (N-methyl/N-ethyl adjacent to an activating group) is 1. The van der Waals surface area contributed by atoms with Gasteiger partial charge in [0.25, 0.3) is 0 Å². The van der Waals surface area contributed by atoms with Gasteiger partial charge < -0.3 is 16.0 Å². The van der Waals surface area contributed by atoms with Crippen molar-refractivity contribution in [1.82, 2.24) is 9.88 Å². The van der Waals surface area contributed by atoms with Gasteiger partial charge >= 0.3 is 0 Å². The van der Waals surface area contributed by atoms with Crippen LogP contribution in [-0.4, -0.2) is 41.1 Å². The predicted octanol–water partition coefficient (Wildman–Crippen LogP) is 1.47. The molecule has 0 aliphatic rings. The molecule has 0 aromatic carbocycles. The molecular formula is C12H20N4S. The maximum atomic E-state index is 5.65. The highest BCUT2D eigenvalue weighted by Crippen LogP contribution is 2.12. The number of rotatable bonds is 7. The molecule has 1 aromatic rings. The second-order valence-corrected chi connectivity index (χ2v) is 4.18.